The number of carbonyl (C=O) groups is 1. The molecule has 0 aliphatic carbocycles. The maximum Gasteiger partial charge on any atom is 0.240 e. The van der Waals surface area contributed by atoms with Crippen LogP contribution in [0.5, 0.6) is 0 Å². The number of hydrogen-bond donors (Lipinski definition) is 1. The molecule has 1 aromatic carbocycles. The molecule has 0 radical (unpaired) electrons. The smallest absolute Gasteiger partial charge is 0.240 e. The fraction of sp³-hybridized carbons (Fsp3) is 0.588. The molecule has 3 rings (SSSR count). The van der Waals surface area contributed by atoms with Gasteiger partial charge in [0.2, 0.25) is 5.91 Å². The molecule has 2 N–H and O–H groups in total. The number of amides is 1. The van der Waals surface area contributed by atoms with Crippen molar-refractivity contribution in [2.45, 2.75) is 37.5 Å². The molecule has 2 heterocycles. The fourth-order valence-corrected chi connectivity index (χ4v) is 4.78. The number of rotatable bonds is 2. The summed E-state index contributed by atoms with van der Waals surface area (Å²) in [5.41, 5.74) is 8.47. The molecule has 0 spiro atoms. The van der Waals surface area contributed by atoms with Gasteiger partial charge in [-0.3, -0.25) is 4.79 Å². The molecule has 1 saturated heterocycles. The van der Waals surface area contributed by atoms with Crippen LogP contribution in [0.4, 0.5) is 0 Å². The van der Waals surface area contributed by atoms with Crippen molar-refractivity contribution in [2.24, 2.45) is 11.7 Å². The van der Waals surface area contributed by atoms with Crippen molar-refractivity contribution in [3.63, 3.8) is 0 Å². The number of likely N-dealkylation sites (tertiary alicyclic amines) is 1. The highest BCUT2D eigenvalue weighted by Crippen LogP contribution is 2.39. The van der Waals surface area contributed by atoms with Crippen LogP contribution in [0.3, 0.4) is 0 Å². The second kappa shape index (κ2) is 7.71. The maximum absolute atomic E-state index is 13.0. The summed E-state index contributed by atoms with van der Waals surface area (Å²) in [5.74, 6) is 1.98. The molecule has 1 fully saturated rings. The molecule has 1 amide bonds. The Morgan fingerprint density at radius 3 is 2.95 bits per heavy atom. The first kappa shape index (κ1) is 17.6. The molecule has 0 aromatic heterocycles. The number of halogens is 1. The van der Waals surface area contributed by atoms with Gasteiger partial charge in [-0.05, 0) is 42.1 Å². The van der Waals surface area contributed by atoms with Crippen LogP contribution in [0, 0.1) is 5.92 Å². The Morgan fingerprint density at radius 1 is 1.41 bits per heavy atom. The fourth-order valence-electron chi connectivity index (χ4n) is 3.51. The van der Waals surface area contributed by atoms with E-state index in [0.29, 0.717) is 12.5 Å². The highest BCUT2D eigenvalue weighted by Gasteiger charge is 2.35. The minimum Gasteiger partial charge on any atom is -0.337 e. The lowest BCUT2D eigenvalue weighted by atomic mass is 9.91. The predicted octanol–water partition coefficient (Wildman–Crippen LogP) is 3.02. The molecule has 0 saturated carbocycles. The summed E-state index contributed by atoms with van der Waals surface area (Å²) >= 11 is 1.79. The maximum atomic E-state index is 13.0. The van der Waals surface area contributed by atoms with Gasteiger partial charge in [-0.15, -0.1) is 24.2 Å². The van der Waals surface area contributed by atoms with Crippen molar-refractivity contribution >= 4 is 30.1 Å². The summed E-state index contributed by atoms with van der Waals surface area (Å²) in [4.78, 5) is 15.1. The van der Waals surface area contributed by atoms with E-state index in [1.54, 1.807) is 11.8 Å². The average Bonchev–Trinajstić information content (AvgIpc) is 2.53. The zero-order chi connectivity index (χ0) is 14.8. The lowest BCUT2D eigenvalue weighted by Crippen LogP contribution is -2.50. The summed E-state index contributed by atoms with van der Waals surface area (Å²) in [6, 6.07) is 8.61. The third kappa shape index (κ3) is 3.44. The number of thioether (sulfide) groups is 1. The number of fused-ring (bicyclic) bond motifs is 1. The Bertz CT molecular complexity index is 525. The van der Waals surface area contributed by atoms with Gasteiger partial charge in [0.25, 0.3) is 0 Å². The van der Waals surface area contributed by atoms with E-state index in [1.807, 2.05) is 6.07 Å². The molecular weight excluding hydrogens is 316 g/mol. The van der Waals surface area contributed by atoms with Gasteiger partial charge in [-0.1, -0.05) is 31.2 Å². The third-order valence-corrected chi connectivity index (χ3v) is 5.98. The third-order valence-electron chi connectivity index (χ3n) is 4.75. The van der Waals surface area contributed by atoms with Crippen molar-refractivity contribution in [3.05, 3.63) is 35.4 Å². The number of carbonyl (C=O) groups excluding carboxylic acids is 1. The number of piperidine rings is 1. The molecule has 22 heavy (non-hydrogen) atoms. The minimum atomic E-state index is -0.0302. The minimum absolute atomic E-state index is 0. The SMILES string of the molecule is CC1CCN(C(=O)C2SCCc3ccccc32)C(CN)C1.Cl. The Balaban J connectivity index is 0.00000176. The van der Waals surface area contributed by atoms with Crippen molar-refractivity contribution in [3.8, 4) is 0 Å². The molecule has 122 valence electrons. The van der Waals surface area contributed by atoms with Crippen LogP contribution in [0.1, 0.15) is 36.1 Å². The lowest BCUT2D eigenvalue weighted by Gasteiger charge is -2.40. The van der Waals surface area contributed by atoms with E-state index in [4.69, 9.17) is 5.73 Å². The number of hydrogen-bond acceptors (Lipinski definition) is 3. The van der Waals surface area contributed by atoms with E-state index >= 15 is 0 Å². The van der Waals surface area contributed by atoms with Crippen molar-refractivity contribution in [1.82, 2.24) is 4.90 Å². The summed E-state index contributed by atoms with van der Waals surface area (Å²) < 4.78 is 0. The van der Waals surface area contributed by atoms with Gasteiger partial charge < -0.3 is 10.6 Å². The van der Waals surface area contributed by atoms with Crippen LogP contribution in [-0.4, -0.2) is 35.7 Å². The van der Waals surface area contributed by atoms with E-state index in [0.717, 1.165) is 31.6 Å². The van der Waals surface area contributed by atoms with E-state index in [9.17, 15) is 4.79 Å². The monoisotopic (exact) mass is 340 g/mol. The molecule has 3 atom stereocenters. The van der Waals surface area contributed by atoms with Gasteiger partial charge in [0.15, 0.2) is 0 Å². The molecule has 5 heteroatoms. The number of nitrogens with two attached hydrogens (primary N) is 1. The normalized spacial score (nSPS) is 27.7. The molecule has 2 aliphatic rings. The average molecular weight is 341 g/mol. The van der Waals surface area contributed by atoms with Crippen LogP contribution in [0.15, 0.2) is 24.3 Å². The predicted molar refractivity (Wildman–Crippen MR) is 95.5 cm³/mol. The van der Waals surface area contributed by atoms with Gasteiger partial charge in [0.1, 0.15) is 5.25 Å². The zero-order valence-corrected chi connectivity index (χ0v) is 14.7. The topological polar surface area (TPSA) is 46.3 Å². The largest absolute Gasteiger partial charge is 0.337 e. The van der Waals surface area contributed by atoms with Gasteiger partial charge in [0.05, 0.1) is 0 Å². The summed E-state index contributed by atoms with van der Waals surface area (Å²) in [7, 11) is 0. The molecular formula is C17H25ClN2OS. The quantitative estimate of drug-likeness (QED) is 0.900. The first-order chi connectivity index (χ1) is 10.2. The van der Waals surface area contributed by atoms with Crippen molar-refractivity contribution in [1.29, 1.82) is 0 Å². The lowest BCUT2D eigenvalue weighted by molar-refractivity contribution is -0.134. The van der Waals surface area contributed by atoms with E-state index in [1.165, 1.54) is 11.1 Å². The number of aryl methyl sites for hydroxylation is 1. The van der Waals surface area contributed by atoms with E-state index in [2.05, 4.69) is 30.0 Å². The van der Waals surface area contributed by atoms with Crippen LogP contribution in [0.25, 0.3) is 0 Å². The van der Waals surface area contributed by atoms with Crippen molar-refractivity contribution < 1.29 is 4.79 Å². The van der Waals surface area contributed by atoms with Gasteiger partial charge in [-0.2, -0.15) is 0 Å². The molecule has 3 nitrogen and oxygen atoms in total. The van der Waals surface area contributed by atoms with Crippen LogP contribution in [-0.2, 0) is 11.2 Å². The Morgan fingerprint density at radius 2 is 2.18 bits per heavy atom. The second-order valence-corrected chi connectivity index (χ2v) is 7.46. The van der Waals surface area contributed by atoms with Gasteiger partial charge >= 0.3 is 0 Å². The first-order valence-corrected chi connectivity index (χ1v) is 8.95. The second-order valence-electron chi connectivity index (χ2n) is 6.25. The number of nitrogens with zero attached hydrogens (tertiary/aromatic N) is 1. The highest BCUT2D eigenvalue weighted by atomic mass is 35.5. The molecule has 2 aliphatic heterocycles. The summed E-state index contributed by atoms with van der Waals surface area (Å²) in [6.07, 6.45) is 3.21. The Hall–Kier alpha value is -0.710. The molecule has 3 unspecified atom stereocenters. The number of benzene rings is 1. The molecule has 1 aromatic rings. The van der Waals surface area contributed by atoms with E-state index < -0.39 is 0 Å². The Kier molecular flexibility index (Phi) is 6.18. The van der Waals surface area contributed by atoms with Crippen LogP contribution in [0.2, 0.25) is 0 Å². The molecule has 0 bridgehead atoms. The highest BCUT2D eigenvalue weighted by molar-refractivity contribution is 8.00. The summed E-state index contributed by atoms with van der Waals surface area (Å²) in [6.45, 7) is 3.70. The Labute approximate surface area is 143 Å². The first-order valence-electron chi connectivity index (χ1n) is 7.90. The van der Waals surface area contributed by atoms with E-state index in [-0.39, 0.29) is 29.6 Å². The van der Waals surface area contributed by atoms with Gasteiger partial charge in [-0.25, -0.2) is 0 Å². The van der Waals surface area contributed by atoms with Gasteiger partial charge in [0, 0.05) is 19.1 Å². The summed E-state index contributed by atoms with van der Waals surface area (Å²) in [5, 5.41) is -0.0302. The standard InChI is InChI=1S/C17H24N2OS.ClH/c1-12-6-8-19(14(10-12)11-18)17(20)16-15-5-3-2-4-13(15)7-9-21-16;/h2-5,12,14,16H,6-11,18H2,1H3;1H. The van der Waals surface area contributed by atoms with Crippen molar-refractivity contribution in [2.75, 3.05) is 18.8 Å². The van der Waals surface area contributed by atoms with Crippen LogP contribution >= 0.6 is 24.2 Å². The van der Waals surface area contributed by atoms with Crippen LogP contribution < -0.4 is 5.73 Å². The zero-order valence-electron chi connectivity index (χ0n) is 13.0.